The molecule has 128 valence electrons. The molecule has 1 aromatic rings. The molecular formula is C14H21FN4O3S. The van der Waals surface area contributed by atoms with Crippen LogP contribution in [-0.2, 0) is 21.4 Å². The van der Waals surface area contributed by atoms with Crippen molar-refractivity contribution in [2.24, 2.45) is 0 Å². The van der Waals surface area contributed by atoms with Gasteiger partial charge >= 0.3 is 0 Å². The molecule has 0 aliphatic carbocycles. The molecule has 1 amide bonds. The third-order valence-electron chi connectivity index (χ3n) is 3.74. The summed E-state index contributed by atoms with van der Waals surface area (Å²) >= 11 is 0. The summed E-state index contributed by atoms with van der Waals surface area (Å²) in [6.07, 6.45) is 2.32. The van der Waals surface area contributed by atoms with Crippen molar-refractivity contribution in [3.05, 3.63) is 30.1 Å². The molecule has 7 nitrogen and oxygen atoms in total. The molecule has 2 rings (SSSR count). The van der Waals surface area contributed by atoms with Gasteiger partial charge in [0.05, 0.1) is 13.0 Å². The van der Waals surface area contributed by atoms with Gasteiger partial charge in [0.1, 0.15) is 6.17 Å². The van der Waals surface area contributed by atoms with Crippen LogP contribution in [0.1, 0.15) is 12.0 Å². The minimum Gasteiger partial charge on any atom is -0.335 e. The van der Waals surface area contributed by atoms with Crippen molar-refractivity contribution in [3.63, 3.8) is 0 Å². The fraction of sp³-hybridized carbons (Fsp3) is 0.571. The lowest BCUT2D eigenvalue weighted by Crippen LogP contribution is -2.46. The zero-order valence-corrected chi connectivity index (χ0v) is 14.0. The van der Waals surface area contributed by atoms with E-state index in [1.165, 1.54) is 19.0 Å². The number of aromatic nitrogens is 1. The second kappa shape index (κ2) is 7.33. The lowest BCUT2D eigenvalue weighted by atomic mass is 10.1. The second-order valence-electron chi connectivity index (χ2n) is 5.71. The second-order valence-corrected chi connectivity index (χ2v) is 7.68. The van der Waals surface area contributed by atoms with Crippen molar-refractivity contribution in [3.8, 4) is 0 Å². The predicted octanol–water partition coefficient (Wildman–Crippen LogP) is -0.0409. The molecular weight excluding hydrogens is 323 g/mol. The summed E-state index contributed by atoms with van der Waals surface area (Å²) in [4.78, 5) is 17.7. The van der Waals surface area contributed by atoms with Crippen LogP contribution in [0.5, 0.6) is 0 Å². The zero-order chi connectivity index (χ0) is 17.0. The molecule has 2 atom stereocenters. The first-order valence-corrected chi connectivity index (χ1v) is 8.73. The molecule has 1 aromatic heterocycles. The van der Waals surface area contributed by atoms with Crippen molar-refractivity contribution in [1.82, 2.24) is 18.9 Å². The van der Waals surface area contributed by atoms with Crippen LogP contribution < -0.4 is 4.72 Å². The Morgan fingerprint density at radius 1 is 1.52 bits per heavy atom. The van der Waals surface area contributed by atoms with E-state index in [4.69, 9.17) is 0 Å². The standard InChI is InChI=1S/C14H21FN4O3S/c1-18(2)23(21,22)17-9-13-7-12(15)10-19(13)14(20)6-11-4-3-5-16-8-11/h3-5,8,12-13,17H,6-7,9-10H2,1-2H3/t12-,13-/m0/s1. The lowest BCUT2D eigenvalue weighted by Gasteiger charge is -2.25. The maximum Gasteiger partial charge on any atom is 0.279 e. The van der Waals surface area contributed by atoms with Gasteiger partial charge < -0.3 is 4.90 Å². The first kappa shape index (κ1) is 17.8. The number of amides is 1. The Kier molecular flexibility index (Phi) is 5.66. The number of hydrogen-bond donors (Lipinski definition) is 1. The largest absolute Gasteiger partial charge is 0.335 e. The van der Waals surface area contributed by atoms with E-state index in [1.807, 2.05) is 0 Å². The van der Waals surface area contributed by atoms with Gasteiger partial charge in [-0.3, -0.25) is 9.78 Å². The Balaban J connectivity index is 2.00. The molecule has 1 aliphatic heterocycles. The van der Waals surface area contributed by atoms with Crippen LogP contribution in [0.2, 0.25) is 0 Å². The summed E-state index contributed by atoms with van der Waals surface area (Å²) < 4.78 is 40.6. The number of carbonyl (C=O) groups is 1. The van der Waals surface area contributed by atoms with Crippen LogP contribution in [0, 0.1) is 0 Å². The summed E-state index contributed by atoms with van der Waals surface area (Å²) in [7, 11) is -0.792. The lowest BCUT2D eigenvalue weighted by molar-refractivity contribution is -0.131. The van der Waals surface area contributed by atoms with Crippen LogP contribution in [0.4, 0.5) is 4.39 Å². The average molecular weight is 344 g/mol. The van der Waals surface area contributed by atoms with Gasteiger partial charge in [0, 0.05) is 45.5 Å². The number of alkyl halides is 1. The monoisotopic (exact) mass is 344 g/mol. The molecule has 0 saturated carbocycles. The number of halogens is 1. The van der Waals surface area contributed by atoms with E-state index in [0.29, 0.717) is 0 Å². The molecule has 1 N–H and O–H groups in total. The smallest absolute Gasteiger partial charge is 0.279 e. The normalized spacial score (nSPS) is 21.8. The first-order valence-electron chi connectivity index (χ1n) is 7.29. The van der Waals surface area contributed by atoms with Crippen LogP contribution in [-0.4, -0.2) is 67.9 Å². The highest BCUT2D eigenvalue weighted by Gasteiger charge is 2.35. The van der Waals surface area contributed by atoms with E-state index < -0.39 is 22.4 Å². The van der Waals surface area contributed by atoms with Crippen molar-refractivity contribution < 1.29 is 17.6 Å². The van der Waals surface area contributed by atoms with Crippen LogP contribution in [0.25, 0.3) is 0 Å². The molecule has 1 aliphatic rings. The number of hydrogen-bond acceptors (Lipinski definition) is 4. The summed E-state index contributed by atoms with van der Waals surface area (Å²) in [5.41, 5.74) is 0.743. The maximum absolute atomic E-state index is 13.7. The summed E-state index contributed by atoms with van der Waals surface area (Å²) in [6, 6.07) is 3.02. The number of carbonyl (C=O) groups excluding carboxylic acids is 1. The summed E-state index contributed by atoms with van der Waals surface area (Å²) in [6.45, 7) is -0.00678. The van der Waals surface area contributed by atoms with Gasteiger partial charge in [-0.2, -0.15) is 12.7 Å². The number of rotatable bonds is 6. The van der Waals surface area contributed by atoms with E-state index >= 15 is 0 Å². The molecule has 0 bridgehead atoms. The molecule has 1 saturated heterocycles. The SMILES string of the molecule is CN(C)S(=O)(=O)NC[C@@H]1C[C@H](F)CN1C(=O)Cc1cccnc1. The van der Waals surface area contributed by atoms with Crippen molar-refractivity contribution in [1.29, 1.82) is 0 Å². The highest BCUT2D eigenvalue weighted by molar-refractivity contribution is 7.87. The van der Waals surface area contributed by atoms with Gasteiger partial charge in [0.2, 0.25) is 5.91 Å². The Hall–Kier alpha value is -1.58. The molecule has 9 heteroatoms. The molecule has 2 heterocycles. The van der Waals surface area contributed by atoms with E-state index in [-0.39, 0.29) is 31.8 Å². The van der Waals surface area contributed by atoms with Gasteiger partial charge in [0.15, 0.2) is 0 Å². The summed E-state index contributed by atoms with van der Waals surface area (Å²) in [5, 5.41) is 0. The minimum atomic E-state index is -3.60. The number of nitrogens with zero attached hydrogens (tertiary/aromatic N) is 3. The minimum absolute atomic E-state index is 0.000285. The Labute approximate surface area is 135 Å². The third-order valence-corrected chi connectivity index (χ3v) is 5.24. The first-order chi connectivity index (χ1) is 10.8. The molecule has 1 fully saturated rings. The van der Waals surface area contributed by atoms with Crippen LogP contribution in [0.3, 0.4) is 0 Å². The van der Waals surface area contributed by atoms with Crippen molar-refractivity contribution >= 4 is 16.1 Å². The van der Waals surface area contributed by atoms with Gasteiger partial charge in [-0.15, -0.1) is 0 Å². The Bertz CT molecular complexity index is 639. The number of pyridine rings is 1. The van der Waals surface area contributed by atoms with E-state index in [9.17, 15) is 17.6 Å². The van der Waals surface area contributed by atoms with Crippen LogP contribution in [0.15, 0.2) is 24.5 Å². The van der Waals surface area contributed by atoms with E-state index in [0.717, 1.165) is 9.87 Å². The number of likely N-dealkylation sites (tertiary alicyclic amines) is 1. The molecule has 0 aromatic carbocycles. The van der Waals surface area contributed by atoms with Gasteiger partial charge in [-0.25, -0.2) is 9.11 Å². The topological polar surface area (TPSA) is 82.6 Å². The number of nitrogens with one attached hydrogen (secondary N) is 1. The van der Waals surface area contributed by atoms with Gasteiger partial charge in [0.25, 0.3) is 10.2 Å². The highest BCUT2D eigenvalue weighted by Crippen LogP contribution is 2.21. The Morgan fingerprint density at radius 3 is 2.87 bits per heavy atom. The van der Waals surface area contributed by atoms with E-state index in [1.54, 1.807) is 24.5 Å². The van der Waals surface area contributed by atoms with Gasteiger partial charge in [-0.1, -0.05) is 6.07 Å². The van der Waals surface area contributed by atoms with E-state index in [2.05, 4.69) is 9.71 Å². The quantitative estimate of drug-likeness (QED) is 0.785. The zero-order valence-electron chi connectivity index (χ0n) is 13.1. The van der Waals surface area contributed by atoms with Crippen molar-refractivity contribution in [2.45, 2.75) is 25.1 Å². The fourth-order valence-corrected chi connectivity index (χ4v) is 3.13. The molecule has 0 radical (unpaired) electrons. The van der Waals surface area contributed by atoms with Gasteiger partial charge in [-0.05, 0) is 11.6 Å². The van der Waals surface area contributed by atoms with Crippen molar-refractivity contribution in [2.75, 3.05) is 27.2 Å². The predicted molar refractivity (Wildman–Crippen MR) is 83.6 cm³/mol. The maximum atomic E-state index is 13.7. The molecule has 0 spiro atoms. The summed E-state index contributed by atoms with van der Waals surface area (Å²) in [5.74, 6) is -0.229. The highest BCUT2D eigenvalue weighted by atomic mass is 32.2. The average Bonchev–Trinajstić information content (AvgIpc) is 2.87. The Morgan fingerprint density at radius 2 is 2.26 bits per heavy atom. The molecule has 0 unspecified atom stereocenters. The molecule has 23 heavy (non-hydrogen) atoms. The fourth-order valence-electron chi connectivity index (χ4n) is 2.47. The van der Waals surface area contributed by atoms with Crippen LogP contribution >= 0.6 is 0 Å². The third kappa shape index (κ3) is 4.69.